The van der Waals surface area contributed by atoms with Crippen LogP contribution < -0.4 is 38.9 Å². The molecule has 1 aromatic heterocycles. The number of guanidine groups is 1. The highest BCUT2D eigenvalue weighted by molar-refractivity contribution is 5.92. The first kappa shape index (κ1) is 29.3. The highest BCUT2D eigenvalue weighted by atomic mass is 16.4. The van der Waals surface area contributed by atoms with Crippen molar-refractivity contribution in [3.05, 3.63) is 18.2 Å². The number of imidazole rings is 1. The molecule has 0 aliphatic rings. The van der Waals surface area contributed by atoms with Crippen LogP contribution in [0.5, 0.6) is 0 Å². The van der Waals surface area contributed by atoms with Gasteiger partial charge < -0.3 is 49.0 Å². The molecule has 0 radical (unpaired) electrons. The number of nitrogens with one attached hydrogen (secondary N) is 4. The first-order valence-corrected chi connectivity index (χ1v) is 11.2. The van der Waals surface area contributed by atoms with Crippen LogP contribution in [0.4, 0.5) is 0 Å². The summed E-state index contributed by atoms with van der Waals surface area (Å²) in [5, 5.41) is 16.8. The highest BCUT2D eigenvalue weighted by Gasteiger charge is 2.26. The van der Waals surface area contributed by atoms with Gasteiger partial charge in [-0.05, 0) is 38.6 Å². The number of amides is 3. The summed E-state index contributed by atoms with van der Waals surface area (Å²) in [6.45, 7) is 0.201. The van der Waals surface area contributed by atoms with Crippen molar-refractivity contribution in [2.75, 3.05) is 19.6 Å². The second-order valence-corrected chi connectivity index (χ2v) is 7.86. The summed E-state index contributed by atoms with van der Waals surface area (Å²) in [6.07, 6.45) is 4.99. The van der Waals surface area contributed by atoms with Crippen LogP contribution in [0.1, 0.15) is 37.8 Å². The van der Waals surface area contributed by atoms with Crippen molar-refractivity contribution in [1.29, 1.82) is 0 Å². The molecule has 0 spiro atoms. The molecule has 15 heteroatoms. The summed E-state index contributed by atoms with van der Waals surface area (Å²) in [5.74, 6) is -3.18. The van der Waals surface area contributed by atoms with Crippen molar-refractivity contribution in [1.82, 2.24) is 25.9 Å². The average Bonchev–Trinajstić information content (AvgIpc) is 3.31. The van der Waals surface area contributed by atoms with E-state index in [0.717, 1.165) is 0 Å². The molecule has 35 heavy (non-hydrogen) atoms. The monoisotopic (exact) mass is 496 g/mol. The lowest BCUT2D eigenvalue weighted by atomic mass is 10.1. The Labute approximate surface area is 202 Å². The molecule has 3 atom stereocenters. The van der Waals surface area contributed by atoms with Crippen molar-refractivity contribution in [2.24, 2.45) is 27.9 Å². The number of H-pyrrole nitrogens is 1. The van der Waals surface area contributed by atoms with E-state index in [-0.39, 0.29) is 31.8 Å². The van der Waals surface area contributed by atoms with E-state index in [1.54, 1.807) is 0 Å². The zero-order valence-corrected chi connectivity index (χ0v) is 19.5. The molecular formula is C20H36N10O5. The highest BCUT2D eigenvalue weighted by Crippen LogP contribution is 2.04. The summed E-state index contributed by atoms with van der Waals surface area (Å²) in [6, 6.07) is -3.10. The maximum Gasteiger partial charge on any atom is 0.326 e. The van der Waals surface area contributed by atoms with Gasteiger partial charge in [0.1, 0.15) is 12.1 Å². The fourth-order valence-electron chi connectivity index (χ4n) is 3.06. The summed E-state index contributed by atoms with van der Waals surface area (Å²) in [7, 11) is 0. The SMILES string of the molecule is NCCCC[C@H](NC(=O)CNC(=O)[C@@H](N)Cc1cnc[nH]1)C(=O)N[C@@H](CCCN=C(N)N)C(=O)O. The van der Waals surface area contributed by atoms with Gasteiger partial charge in [-0.25, -0.2) is 9.78 Å². The molecule has 15 nitrogen and oxygen atoms in total. The van der Waals surface area contributed by atoms with Gasteiger partial charge in [0, 0.05) is 24.9 Å². The molecular weight excluding hydrogens is 460 g/mol. The number of aromatic amines is 1. The van der Waals surface area contributed by atoms with Crippen LogP contribution in [0, 0.1) is 0 Å². The Kier molecular flexibility index (Phi) is 13.4. The molecule has 0 aromatic carbocycles. The third kappa shape index (κ3) is 12.4. The molecule has 0 aliphatic carbocycles. The van der Waals surface area contributed by atoms with E-state index in [1.165, 1.54) is 12.5 Å². The molecule has 0 saturated heterocycles. The molecule has 0 unspecified atom stereocenters. The minimum absolute atomic E-state index is 0.0889. The van der Waals surface area contributed by atoms with Crippen LogP contribution in [0.2, 0.25) is 0 Å². The van der Waals surface area contributed by atoms with Crippen LogP contribution in [-0.2, 0) is 25.6 Å². The number of aliphatic imine (C=N–C) groups is 1. The topological polar surface area (TPSA) is 270 Å². The summed E-state index contributed by atoms with van der Waals surface area (Å²) in [5.41, 5.74) is 22.5. The number of hydrogen-bond acceptors (Lipinski definition) is 8. The van der Waals surface area contributed by atoms with Crippen molar-refractivity contribution < 1.29 is 24.3 Å². The van der Waals surface area contributed by atoms with Crippen LogP contribution in [0.25, 0.3) is 0 Å². The lowest BCUT2D eigenvalue weighted by Gasteiger charge is -2.22. The number of carbonyl (C=O) groups excluding carboxylic acids is 3. The standard InChI is InChI=1S/C20H36N10O5/c21-6-2-1-4-14(18(33)30-15(19(34)35)5-3-7-26-20(23)24)29-16(31)10-27-17(32)13(22)8-12-9-25-11-28-12/h9,11,13-15H,1-8,10,21-22H2,(H,25,28)(H,27,32)(H,29,31)(H,30,33)(H,34,35)(H4,23,24,26)/t13-,14-,15-/m0/s1. The molecule has 13 N–H and O–H groups in total. The Morgan fingerprint density at radius 3 is 2.37 bits per heavy atom. The Hall–Kier alpha value is -3.72. The van der Waals surface area contributed by atoms with Gasteiger partial charge in [-0.2, -0.15) is 0 Å². The van der Waals surface area contributed by atoms with Crippen molar-refractivity contribution in [2.45, 2.75) is 56.7 Å². The molecule has 0 bridgehead atoms. The second-order valence-electron chi connectivity index (χ2n) is 7.86. The van der Waals surface area contributed by atoms with Crippen molar-refractivity contribution in [3.8, 4) is 0 Å². The number of rotatable bonds is 17. The van der Waals surface area contributed by atoms with Crippen LogP contribution in [-0.4, -0.2) is 82.5 Å². The fourth-order valence-corrected chi connectivity index (χ4v) is 3.06. The lowest BCUT2D eigenvalue weighted by molar-refractivity contribution is -0.142. The normalized spacial score (nSPS) is 13.2. The van der Waals surface area contributed by atoms with Gasteiger partial charge in [0.15, 0.2) is 5.96 Å². The van der Waals surface area contributed by atoms with E-state index in [4.69, 9.17) is 22.9 Å². The van der Waals surface area contributed by atoms with Gasteiger partial charge >= 0.3 is 5.97 Å². The van der Waals surface area contributed by atoms with Gasteiger partial charge in [0.2, 0.25) is 17.7 Å². The van der Waals surface area contributed by atoms with E-state index in [0.29, 0.717) is 31.5 Å². The molecule has 0 aliphatic heterocycles. The van der Waals surface area contributed by atoms with Gasteiger partial charge in [0.05, 0.1) is 18.9 Å². The Bertz CT molecular complexity index is 841. The van der Waals surface area contributed by atoms with E-state index < -0.39 is 48.4 Å². The zero-order valence-electron chi connectivity index (χ0n) is 19.5. The van der Waals surface area contributed by atoms with Gasteiger partial charge in [-0.1, -0.05) is 0 Å². The summed E-state index contributed by atoms with van der Waals surface area (Å²) < 4.78 is 0. The maximum atomic E-state index is 12.7. The molecule has 0 saturated carbocycles. The lowest BCUT2D eigenvalue weighted by Crippen LogP contribution is -2.53. The van der Waals surface area contributed by atoms with Gasteiger partial charge in [0.25, 0.3) is 0 Å². The number of aromatic nitrogens is 2. The third-order valence-electron chi connectivity index (χ3n) is 4.91. The number of carboxylic acid groups (broad SMARTS) is 1. The van der Waals surface area contributed by atoms with Crippen molar-refractivity contribution >= 4 is 29.7 Å². The maximum absolute atomic E-state index is 12.7. The van der Waals surface area contributed by atoms with E-state index in [1.807, 2.05) is 0 Å². The number of nitrogens with two attached hydrogens (primary N) is 4. The van der Waals surface area contributed by atoms with Gasteiger partial charge in [-0.3, -0.25) is 19.4 Å². The zero-order chi connectivity index (χ0) is 26.2. The molecule has 1 heterocycles. The fraction of sp³-hybridized carbons (Fsp3) is 0.600. The smallest absolute Gasteiger partial charge is 0.326 e. The third-order valence-corrected chi connectivity index (χ3v) is 4.91. The average molecular weight is 497 g/mol. The second kappa shape index (κ2) is 16.0. The van der Waals surface area contributed by atoms with Crippen LogP contribution in [0.15, 0.2) is 17.5 Å². The predicted molar refractivity (Wildman–Crippen MR) is 128 cm³/mol. The van der Waals surface area contributed by atoms with E-state index >= 15 is 0 Å². The molecule has 196 valence electrons. The largest absolute Gasteiger partial charge is 0.480 e. The van der Waals surface area contributed by atoms with Crippen molar-refractivity contribution in [3.63, 3.8) is 0 Å². The van der Waals surface area contributed by atoms with E-state index in [9.17, 15) is 24.3 Å². The summed E-state index contributed by atoms with van der Waals surface area (Å²) in [4.78, 5) is 59.3. The van der Waals surface area contributed by atoms with Crippen LogP contribution >= 0.6 is 0 Å². The van der Waals surface area contributed by atoms with Gasteiger partial charge in [-0.15, -0.1) is 0 Å². The quantitative estimate of drug-likeness (QED) is 0.0586. The minimum Gasteiger partial charge on any atom is -0.480 e. The molecule has 1 aromatic rings. The summed E-state index contributed by atoms with van der Waals surface area (Å²) >= 11 is 0. The Morgan fingerprint density at radius 2 is 1.77 bits per heavy atom. The number of carboxylic acids is 1. The number of hydrogen-bond donors (Lipinski definition) is 9. The Morgan fingerprint density at radius 1 is 1.06 bits per heavy atom. The first-order chi connectivity index (χ1) is 16.6. The number of aliphatic carboxylic acids is 1. The number of unbranched alkanes of at least 4 members (excludes halogenated alkanes) is 1. The predicted octanol–water partition coefficient (Wildman–Crippen LogP) is -3.37. The Balaban J connectivity index is 2.63. The first-order valence-electron chi connectivity index (χ1n) is 11.2. The number of nitrogens with zero attached hydrogens (tertiary/aromatic N) is 2. The molecule has 1 rings (SSSR count). The molecule has 0 fully saturated rings. The minimum atomic E-state index is -1.23. The van der Waals surface area contributed by atoms with Crippen LogP contribution in [0.3, 0.4) is 0 Å². The molecule has 3 amide bonds. The van der Waals surface area contributed by atoms with E-state index in [2.05, 4.69) is 30.9 Å². The number of carbonyl (C=O) groups is 4.